The fourth-order valence-electron chi connectivity index (χ4n) is 4.29. The minimum absolute atomic E-state index is 0.0848. The van der Waals surface area contributed by atoms with Crippen LogP contribution in [0.5, 0.6) is 0 Å². The number of fused-ring (bicyclic) bond motifs is 1. The predicted molar refractivity (Wildman–Crippen MR) is 144 cm³/mol. The van der Waals surface area contributed by atoms with Gasteiger partial charge in [-0.25, -0.2) is 13.4 Å². The van der Waals surface area contributed by atoms with E-state index in [1.807, 2.05) is 43.3 Å². The average Bonchev–Trinajstić information content (AvgIpc) is 3.57. The number of benzene rings is 2. The third kappa shape index (κ3) is 5.57. The number of carbonyl (C=O) groups is 1. The Kier molecular flexibility index (Phi) is 7.34. The van der Waals surface area contributed by atoms with Crippen LogP contribution in [0.3, 0.4) is 0 Å². The highest BCUT2D eigenvalue weighted by Gasteiger charge is 2.27. The Balaban J connectivity index is 1.42. The molecule has 1 saturated heterocycles. The smallest absolute Gasteiger partial charge is 0.260 e. The fraction of sp³-hybridized carbons (Fsp3) is 0.296. The van der Waals surface area contributed by atoms with Crippen molar-refractivity contribution in [2.24, 2.45) is 0 Å². The Labute approximate surface area is 220 Å². The van der Waals surface area contributed by atoms with Crippen molar-refractivity contribution in [3.05, 3.63) is 83.7 Å². The van der Waals surface area contributed by atoms with Crippen LogP contribution >= 0.6 is 11.3 Å². The number of thiazole rings is 1. The highest BCUT2D eigenvalue weighted by molar-refractivity contribution is 7.89. The zero-order chi connectivity index (χ0) is 26.0. The van der Waals surface area contributed by atoms with E-state index in [1.54, 1.807) is 30.3 Å². The van der Waals surface area contributed by atoms with E-state index in [4.69, 9.17) is 9.72 Å². The molecule has 37 heavy (non-hydrogen) atoms. The Morgan fingerprint density at radius 1 is 1.14 bits per heavy atom. The lowest BCUT2D eigenvalue weighted by atomic mass is 10.2. The maximum absolute atomic E-state index is 13.7. The standard InChI is InChI=1S/C27H28N4O4S2/c1-19-8-13-24-25(16-19)36-27(29-24)31(17-21-6-3-4-14-28-21)26(32)20-9-11-23(12-10-20)37(33,34)30(2)18-22-7-5-15-35-22/h3-4,6,8-14,16,22H,5,7,15,17-18H2,1-2H3. The number of hydrogen-bond donors (Lipinski definition) is 0. The second-order valence-electron chi connectivity index (χ2n) is 9.12. The minimum atomic E-state index is -3.70. The van der Waals surface area contributed by atoms with Crippen LogP contribution < -0.4 is 4.90 Å². The van der Waals surface area contributed by atoms with Crippen LogP contribution in [0.1, 0.15) is 34.5 Å². The third-order valence-corrected chi connectivity index (χ3v) is 9.23. The molecule has 0 N–H and O–H groups in total. The first kappa shape index (κ1) is 25.5. The van der Waals surface area contributed by atoms with Gasteiger partial charge in [-0.15, -0.1) is 0 Å². The van der Waals surface area contributed by atoms with Crippen LogP contribution in [0, 0.1) is 6.92 Å². The lowest BCUT2D eigenvalue weighted by molar-refractivity contribution is 0.0978. The van der Waals surface area contributed by atoms with Crippen molar-refractivity contribution >= 4 is 42.6 Å². The van der Waals surface area contributed by atoms with Crippen LogP contribution in [0.15, 0.2) is 71.8 Å². The van der Waals surface area contributed by atoms with Crippen LogP contribution in [0.25, 0.3) is 10.2 Å². The molecular formula is C27H28N4O4S2. The molecule has 1 unspecified atom stereocenters. The van der Waals surface area contributed by atoms with Gasteiger partial charge in [0.05, 0.1) is 33.5 Å². The second kappa shape index (κ2) is 10.7. The number of anilines is 1. The third-order valence-electron chi connectivity index (χ3n) is 6.35. The summed E-state index contributed by atoms with van der Waals surface area (Å²) in [5, 5.41) is 0.559. The molecule has 1 aliphatic heterocycles. The summed E-state index contributed by atoms with van der Waals surface area (Å²) in [6.45, 7) is 3.22. The van der Waals surface area contributed by atoms with Gasteiger partial charge in [-0.2, -0.15) is 4.31 Å². The van der Waals surface area contributed by atoms with E-state index in [9.17, 15) is 13.2 Å². The van der Waals surface area contributed by atoms with E-state index < -0.39 is 10.0 Å². The molecule has 0 radical (unpaired) electrons. The van der Waals surface area contributed by atoms with E-state index in [0.717, 1.165) is 34.3 Å². The van der Waals surface area contributed by atoms with E-state index >= 15 is 0 Å². The molecule has 4 aromatic rings. The maximum Gasteiger partial charge on any atom is 0.260 e. The van der Waals surface area contributed by atoms with Crippen molar-refractivity contribution in [3.63, 3.8) is 0 Å². The van der Waals surface area contributed by atoms with Crippen molar-refractivity contribution in [2.45, 2.75) is 37.3 Å². The summed E-state index contributed by atoms with van der Waals surface area (Å²) in [7, 11) is -2.15. The molecule has 2 aromatic carbocycles. The van der Waals surface area contributed by atoms with E-state index in [-0.39, 0.29) is 23.5 Å². The van der Waals surface area contributed by atoms with Crippen LogP contribution in [-0.4, -0.2) is 54.9 Å². The summed E-state index contributed by atoms with van der Waals surface area (Å²) in [4.78, 5) is 24.5. The van der Waals surface area contributed by atoms with Crippen LogP contribution in [0.2, 0.25) is 0 Å². The molecule has 5 rings (SSSR count). The first-order valence-electron chi connectivity index (χ1n) is 12.1. The lowest BCUT2D eigenvalue weighted by Crippen LogP contribution is -2.34. The minimum Gasteiger partial charge on any atom is -0.377 e. The molecule has 192 valence electrons. The van der Waals surface area contributed by atoms with E-state index in [2.05, 4.69) is 4.98 Å². The molecule has 2 aromatic heterocycles. The van der Waals surface area contributed by atoms with Gasteiger partial charge in [0.1, 0.15) is 0 Å². The monoisotopic (exact) mass is 536 g/mol. The Bertz CT molecular complexity index is 1500. The van der Waals surface area contributed by atoms with Gasteiger partial charge in [0.15, 0.2) is 5.13 Å². The highest BCUT2D eigenvalue weighted by Crippen LogP contribution is 2.31. The molecule has 1 fully saturated rings. The summed E-state index contributed by atoms with van der Waals surface area (Å²) in [5.41, 5.74) is 3.03. The second-order valence-corrected chi connectivity index (χ2v) is 12.2. The molecule has 0 spiro atoms. The summed E-state index contributed by atoms with van der Waals surface area (Å²) in [6.07, 6.45) is 3.40. The lowest BCUT2D eigenvalue weighted by Gasteiger charge is -2.21. The number of pyridine rings is 1. The zero-order valence-corrected chi connectivity index (χ0v) is 22.3. The Morgan fingerprint density at radius 2 is 1.95 bits per heavy atom. The summed E-state index contributed by atoms with van der Waals surface area (Å²) in [6, 6.07) is 17.6. The zero-order valence-electron chi connectivity index (χ0n) is 20.7. The molecular weight excluding hydrogens is 508 g/mol. The van der Waals surface area contributed by atoms with Gasteiger partial charge in [-0.3, -0.25) is 14.7 Å². The number of amides is 1. The quantitative estimate of drug-likeness (QED) is 0.326. The van der Waals surface area contributed by atoms with Gasteiger partial charge >= 0.3 is 0 Å². The van der Waals surface area contributed by atoms with Crippen molar-refractivity contribution in [1.29, 1.82) is 0 Å². The number of carbonyl (C=O) groups excluding carboxylic acids is 1. The molecule has 1 atom stereocenters. The highest BCUT2D eigenvalue weighted by atomic mass is 32.2. The van der Waals surface area contributed by atoms with Crippen molar-refractivity contribution in [1.82, 2.24) is 14.3 Å². The number of likely N-dealkylation sites (N-methyl/N-ethyl adjacent to an activating group) is 1. The van der Waals surface area contributed by atoms with Crippen molar-refractivity contribution < 1.29 is 17.9 Å². The van der Waals surface area contributed by atoms with Crippen LogP contribution in [0.4, 0.5) is 5.13 Å². The molecule has 1 aliphatic rings. The number of sulfonamides is 1. The number of aryl methyl sites for hydroxylation is 1. The largest absolute Gasteiger partial charge is 0.377 e. The van der Waals surface area contributed by atoms with Gasteiger partial charge in [0.25, 0.3) is 5.91 Å². The number of ether oxygens (including phenoxy) is 1. The molecule has 10 heteroatoms. The van der Waals surface area contributed by atoms with Crippen LogP contribution in [-0.2, 0) is 21.3 Å². The van der Waals surface area contributed by atoms with Crippen molar-refractivity contribution in [3.8, 4) is 0 Å². The predicted octanol–water partition coefficient (Wildman–Crippen LogP) is 4.65. The summed E-state index contributed by atoms with van der Waals surface area (Å²) < 4.78 is 34.1. The summed E-state index contributed by atoms with van der Waals surface area (Å²) >= 11 is 1.44. The first-order valence-corrected chi connectivity index (χ1v) is 14.3. The average molecular weight is 537 g/mol. The maximum atomic E-state index is 13.7. The Morgan fingerprint density at radius 3 is 2.65 bits per heavy atom. The normalized spacial score (nSPS) is 15.9. The molecule has 8 nitrogen and oxygen atoms in total. The molecule has 1 amide bonds. The number of hydrogen-bond acceptors (Lipinski definition) is 7. The van der Waals surface area contributed by atoms with Gasteiger partial charge in [0, 0.05) is 32.0 Å². The topological polar surface area (TPSA) is 92.7 Å². The molecule has 0 aliphatic carbocycles. The van der Waals surface area contributed by atoms with Gasteiger partial charge in [0.2, 0.25) is 10.0 Å². The first-order chi connectivity index (χ1) is 17.8. The SMILES string of the molecule is Cc1ccc2nc(N(Cc3ccccn3)C(=O)c3ccc(S(=O)(=O)N(C)CC4CCCO4)cc3)sc2c1. The van der Waals surface area contributed by atoms with Gasteiger partial charge < -0.3 is 4.74 Å². The molecule has 0 bridgehead atoms. The Hall–Kier alpha value is -3.18. The molecule has 0 saturated carbocycles. The van der Waals surface area contributed by atoms with Crippen molar-refractivity contribution in [2.75, 3.05) is 25.1 Å². The van der Waals surface area contributed by atoms with Gasteiger partial charge in [-0.1, -0.05) is 23.5 Å². The number of rotatable bonds is 8. The fourth-order valence-corrected chi connectivity index (χ4v) is 6.56. The number of nitrogens with zero attached hydrogens (tertiary/aromatic N) is 4. The molecule has 3 heterocycles. The number of aromatic nitrogens is 2. The van der Waals surface area contributed by atoms with E-state index in [1.165, 1.54) is 27.8 Å². The van der Waals surface area contributed by atoms with Gasteiger partial charge in [-0.05, 0) is 73.9 Å². The van der Waals surface area contributed by atoms with E-state index in [0.29, 0.717) is 23.8 Å². The summed E-state index contributed by atoms with van der Waals surface area (Å²) in [5.74, 6) is -0.280.